The van der Waals surface area contributed by atoms with Gasteiger partial charge in [0.1, 0.15) is 5.82 Å². The Balaban J connectivity index is 2.68. The molecule has 0 heterocycles. The summed E-state index contributed by atoms with van der Waals surface area (Å²) in [5.74, 6) is -0.695. The minimum Gasteiger partial charge on any atom is -0.375 e. The van der Waals surface area contributed by atoms with Crippen LogP contribution >= 0.6 is 11.6 Å². The second-order valence-corrected chi connectivity index (χ2v) is 3.01. The standard InChI is InChI=1S/C9H10ClFN2O/c1-12-8(14)5-13-7-4-2-3-6(11)9(7)10/h2-4,13H,5H2,1H3,(H,12,14). The molecule has 0 aliphatic rings. The molecule has 0 radical (unpaired) electrons. The number of likely N-dealkylation sites (N-methyl/N-ethyl adjacent to an activating group) is 1. The quantitative estimate of drug-likeness (QED) is 0.807. The number of nitrogens with one attached hydrogen (secondary N) is 2. The number of anilines is 1. The first-order chi connectivity index (χ1) is 6.65. The number of halogens is 2. The molecule has 1 rings (SSSR count). The Kier molecular flexibility index (Phi) is 3.71. The smallest absolute Gasteiger partial charge is 0.239 e. The fourth-order valence-electron chi connectivity index (χ4n) is 0.904. The highest BCUT2D eigenvalue weighted by molar-refractivity contribution is 6.33. The number of rotatable bonds is 3. The number of carbonyl (C=O) groups is 1. The molecule has 3 nitrogen and oxygen atoms in total. The molecule has 0 bridgehead atoms. The van der Waals surface area contributed by atoms with Crippen LogP contribution in [0.4, 0.5) is 10.1 Å². The van der Waals surface area contributed by atoms with E-state index in [2.05, 4.69) is 10.6 Å². The molecule has 0 spiro atoms. The summed E-state index contributed by atoms with van der Waals surface area (Å²) in [7, 11) is 1.52. The Hall–Kier alpha value is -1.29. The SMILES string of the molecule is CNC(=O)CNc1cccc(F)c1Cl. The van der Waals surface area contributed by atoms with Gasteiger partial charge in [-0.05, 0) is 12.1 Å². The van der Waals surface area contributed by atoms with E-state index < -0.39 is 5.82 Å². The highest BCUT2D eigenvalue weighted by Gasteiger charge is 2.05. The third-order valence-electron chi connectivity index (χ3n) is 1.67. The van der Waals surface area contributed by atoms with E-state index in [1.807, 2.05) is 0 Å². The zero-order valence-electron chi connectivity index (χ0n) is 7.60. The minimum absolute atomic E-state index is 0.00333. The molecule has 14 heavy (non-hydrogen) atoms. The summed E-state index contributed by atoms with van der Waals surface area (Å²) in [5, 5.41) is 5.15. The molecule has 0 saturated carbocycles. The molecule has 5 heteroatoms. The predicted octanol–water partition coefficient (Wildman–Crippen LogP) is 1.64. The van der Waals surface area contributed by atoms with Gasteiger partial charge >= 0.3 is 0 Å². The van der Waals surface area contributed by atoms with E-state index in [0.717, 1.165) is 0 Å². The van der Waals surface area contributed by atoms with Gasteiger partial charge in [-0.3, -0.25) is 4.79 Å². The number of amides is 1. The first-order valence-electron chi connectivity index (χ1n) is 4.03. The normalized spacial score (nSPS) is 9.64. The van der Waals surface area contributed by atoms with Crippen molar-refractivity contribution in [3.8, 4) is 0 Å². The largest absolute Gasteiger partial charge is 0.375 e. The molecule has 0 saturated heterocycles. The van der Waals surface area contributed by atoms with Gasteiger partial charge in [-0.25, -0.2) is 4.39 Å². The summed E-state index contributed by atoms with van der Waals surface area (Å²) in [6.07, 6.45) is 0. The fourth-order valence-corrected chi connectivity index (χ4v) is 1.10. The Labute approximate surface area is 86.3 Å². The molecule has 0 unspecified atom stereocenters. The van der Waals surface area contributed by atoms with Crippen molar-refractivity contribution in [1.29, 1.82) is 0 Å². The minimum atomic E-state index is -0.506. The van der Waals surface area contributed by atoms with Crippen LogP contribution in [0.1, 0.15) is 0 Å². The summed E-state index contributed by atoms with van der Waals surface area (Å²) < 4.78 is 12.9. The molecule has 0 aromatic heterocycles. The van der Waals surface area contributed by atoms with E-state index in [1.165, 1.54) is 19.2 Å². The maximum atomic E-state index is 12.9. The Morgan fingerprint density at radius 2 is 2.29 bits per heavy atom. The van der Waals surface area contributed by atoms with Crippen LogP contribution < -0.4 is 10.6 Å². The molecular weight excluding hydrogens is 207 g/mol. The van der Waals surface area contributed by atoms with Crippen molar-refractivity contribution in [2.45, 2.75) is 0 Å². The van der Waals surface area contributed by atoms with Crippen molar-refractivity contribution in [3.63, 3.8) is 0 Å². The van der Waals surface area contributed by atoms with Crippen LogP contribution in [0.15, 0.2) is 18.2 Å². The van der Waals surface area contributed by atoms with Gasteiger partial charge in [-0.15, -0.1) is 0 Å². The fraction of sp³-hybridized carbons (Fsp3) is 0.222. The predicted molar refractivity (Wildman–Crippen MR) is 54.0 cm³/mol. The first kappa shape index (κ1) is 10.8. The highest BCUT2D eigenvalue weighted by Crippen LogP contribution is 2.23. The maximum absolute atomic E-state index is 12.9. The second-order valence-electron chi connectivity index (χ2n) is 2.63. The van der Waals surface area contributed by atoms with Crippen LogP contribution in [0.25, 0.3) is 0 Å². The summed E-state index contributed by atoms with van der Waals surface area (Å²) in [5.41, 5.74) is 0.412. The molecule has 1 aromatic carbocycles. The third kappa shape index (κ3) is 2.60. The van der Waals surface area contributed by atoms with Gasteiger partial charge in [0.2, 0.25) is 5.91 Å². The van der Waals surface area contributed by atoms with E-state index in [0.29, 0.717) is 5.69 Å². The van der Waals surface area contributed by atoms with Crippen molar-refractivity contribution in [2.24, 2.45) is 0 Å². The van der Waals surface area contributed by atoms with Gasteiger partial charge in [0.15, 0.2) is 0 Å². The van der Waals surface area contributed by atoms with E-state index in [-0.39, 0.29) is 17.5 Å². The summed E-state index contributed by atoms with van der Waals surface area (Å²) in [6, 6.07) is 4.38. The van der Waals surface area contributed by atoms with Crippen LogP contribution in [0.3, 0.4) is 0 Å². The Bertz CT molecular complexity index is 344. The number of carbonyl (C=O) groups excluding carboxylic acids is 1. The van der Waals surface area contributed by atoms with Gasteiger partial charge in [-0.1, -0.05) is 17.7 Å². The molecular formula is C9H10ClFN2O. The van der Waals surface area contributed by atoms with E-state index >= 15 is 0 Å². The number of benzene rings is 1. The lowest BCUT2D eigenvalue weighted by Gasteiger charge is -2.07. The second kappa shape index (κ2) is 4.81. The van der Waals surface area contributed by atoms with Gasteiger partial charge in [-0.2, -0.15) is 0 Å². The van der Waals surface area contributed by atoms with Crippen molar-refractivity contribution < 1.29 is 9.18 Å². The van der Waals surface area contributed by atoms with Crippen molar-refractivity contribution in [1.82, 2.24) is 5.32 Å². The molecule has 76 valence electrons. The van der Waals surface area contributed by atoms with Crippen molar-refractivity contribution in [3.05, 3.63) is 29.0 Å². The molecule has 0 aliphatic heterocycles. The lowest BCUT2D eigenvalue weighted by atomic mass is 10.3. The summed E-state index contributed by atoms with van der Waals surface area (Å²) in [4.78, 5) is 10.9. The van der Waals surface area contributed by atoms with E-state index in [4.69, 9.17) is 11.6 Å². The van der Waals surface area contributed by atoms with Crippen molar-refractivity contribution >= 4 is 23.2 Å². The van der Waals surface area contributed by atoms with Gasteiger partial charge < -0.3 is 10.6 Å². The van der Waals surface area contributed by atoms with E-state index in [1.54, 1.807) is 6.07 Å². The average molecular weight is 217 g/mol. The molecule has 1 aromatic rings. The van der Waals surface area contributed by atoms with Gasteiger partial charge in [0, 0.05) is 7.05 Å². The van der Waals surface area contributed by atoms with Crippen LogP contribution in [-0.2, 0) is 4.79 Å². The monoisotopic (exact) mass is 216 g/mol. The lowest BCUT2D eigenvalue weighted by Crippen LogP contribution is -2.26. The molecule has 2 N–H and O–H groups in total. The average Bonchev–Trinajstić information content (AvgIpc) is 2.20. The molecule has 0 aliphatic carbocycles. The topological polar surface area (TPSA) is 41.1 Å². The molecule has 1 amide bonds. The third-order valence-corrected chi connectivity index (χ3v) is 2.05. The first-order valence-corrected chi connectivity index (χ1v) is 4.41. The van der Waals surface area contributed by atoms with Crippen LogP contribution in [0.2, 0.25) is 5.02 Å². The zero-order valence-corrected chi connectivity index (χ0v) is 8.36. The summed E-state index contributed by atoms with van der Waals surface area (Å²) in [6.45, 7) is 0.0691. The zero-order chi connectivity index (χ0) is 10.6. The number of hydrogen-bond acceptors (Lipinski definition) is 2. The Morgan fingerprint density at radius 3 is 2.93 bits per heavy atom. The number of hydrogen-bond donors (Lipinski definition) is 2. The Morgan fingerprint density at radius 1 is 1.57 bits per heavy atom. The lowest BCUT2D eigenvalue weighted by molar-refractivity contribution is -0.118. The summed E-state index contributed by atoms with van der Waals surface area (Å²) >= 11 is 5.65. The van der Waals surface area contributed by atoms with E-state index in [9.17, 15) is 9.18 Å². The molecule has 0 atom stereocenters. The maximum Gasteiger partial charge on any atom is 0.239 e. The van der Waals surface area contributed by atoms with Crippen LogP contribution in [0, 0.1) is 5.82 Å². The molecule has 0 fully saturated rings. The van der Waals surface area contributed by atoms with Gasteiger partial charge in [0.05, 0.1) is 17.3 Å². The highest BCUT2D eigenvalue weighted by atomic mass is 35.5. The van der Waals surface area contributed by atoms with Gasteiger partial charge in [0.25, 0.3) is 0 Å². The van der Waals surface area contributed by atoms with Crippen LogP contribution in [-0.4, -0.2) is 19.5 Å². The van der Waals surface area contributed by atoms with Crippen molar-refractivity contribution in [2.75, 3.05) is 18.9 Å². The van der Waals surface area contributed by atoms with Crippen LogP contribution in [0.5, 0.6) is 0 Å².